The molecule has 0 saturated carbocycles. The summed E-state index contributed by atoms with van der Waals surface area (Å²) in [5.41, 5.74) is 2.14. The van der Waals surface area contributed by atoms with Gasteiger partial charge in [-0.15, -0.1) is 0 Å². The topological polar surface area (TPSA) is 56.6 Å². The summed E-state index contributed by atoms with van der Waals surface area (Å²) in [6.07, 6.45) is 4.39. The summed E-state index contributed by atoms with van der Waals surface area (Å²) in [4.78, 5) is 18.0. The summed E-state index contributed by atoms with van der Waals surface area (Å²) in [6.45, 7) is 3.91. The zero-order chi connectivity index (χ0) is 16.0. The number of imidazole rings is 1. The second-order valence-electron chi connectivity index (χ2n) is 6.27. The van der Waals surface area contributed by atoms with Gasteiger partial charge in [-0.2, -0.15) is 0 Å². The van der Waals surface area contributed by atoms with Gasteiger partial charge in [-0.25, -0.2) is 4.98 Å². The van der Waals surface area contributed by atoms with Crippen LogP contribution in [-0.4, -0.2) is 40.7 Å². The van der Waals surface area contributed by atoms with Crippen LogP contribution in [0.1, 0.15) is 12.0 Å². The highest BCUT2D eigenvalue weighted by atomic mass is 16.7. The minimum Gasteiger partial charge on any atom is -0.454 e. The summed E-state index contributed by atoms with van der Waals surface area (Å²) in [6, 6.07) is 3.98. The fourth-order valence-corrected chi connectivity index (χ4v) is 3.34. The van der Waals surface area contributed by atoms with Crippen LogP contribution < -0.4 is 9.47 Å². The van der Waals surface area contributed by atoms with E-state index < -0.39 is 0 Å². The highest BCUT2D eigenvalue weighted by Crippen LogP contribution is 2.38. The van der Waals surface area contributed by atoms with Gasteiger partial charge in [0.05, 0.1) is 0 Å². The van der Waals surface area contributed by atoms with E-state index in [1.807, 2.05) is 32.3 Å². The highest BCUT2D eigenvalue weighted by Gasteiger charge is 2.28. The van der Waals surface area contributed by atoms with Gasteiger partial charge in [0.1, 0.15) is 5.82 Å². The van der Waals surface area contributed by atoms with Gasteiger partial charge in [-0.05, 0) is 24.6 Å². The minimum absolute atomic E-state index is 0.218. The second kappa shape index (κ2) is 5.30. The molecule has 1 saturated heterocycles. The Bertz CT molecular complexity index is 768. The van der Waals surface area contributed by atoms with Crippen LogP contribution >= 0.6 is 0 Å². The molecule has 2 aliphatic rings. The molecule has 1 fully saturated rings. The number of aryl methyl sites for hydroxylation is 1. The molecule has 23 heavy (non-hydrogen) atoms. The maximum atomic E-state index is 11.7. The molecule has 0 N–H and O–H groups in total. The number of aromatic nitrogens is 2. The number of nitrogens with zero attached hydrogens (tertiary/aromatic N) is 3. The number of benzene rings is 1. The Morgan fingerprint density at radius 3 is 2.83 bits per heavy atom. The fourth-order valence-electron chi connectivity index (χ4n) is 3.34. The lowest BCUT2D eigenvalue weighted by Gasteiger charge is -2.14. The standard InChI is InChI=1S/C17H19N3O3/c1-11-5-14-15(23-10-22-14)7-13(11)17-18-3-4-20(17)9-12-6-16(21)19(2)8-12/h3-5,7,12H,6,8-10H2,1-2H3. The second-order valence-corrected chi connectivity index (χ2v) is 6.27. The first-order valence-electron chi connectivity index (χ1n) is 7.77. The van der Waals surface area contributed by atoms with Crippen molar-refractivity contribution < 1.29 is 14.3 Å². The molecule has 6 heteroatoms. The van der Waals surface area contributed by atoms with Gasteiger partial charge in [0.25, 0.3) is 0 Å². The first-order chi connectivity index (χ1) is 11.1. The van der Waals surface area contributed by atoms with Crippen molar-refractivity contribution in [1.82, 2.24) is 14.5 Å². The van der Waals surface area contributed by atoms with Crippen molar-refractivity contribution in [2.75, 3.05) is 20.4 Å². The van der Waals surface area contributed by atoms with Crippen molar-refractivity contribution in [3.8, 4) is 22.9 Å². The maximum absolute atomic E-state index is 11.7. The molecule has 2 aliphatic heterocycles. The predicted octanol–water partition coefficient (Wildman–Crippen LogP) is 2.07. The van der Waals surface area contributed by atoms with Crippen LogP contribution in [0.15, 0.2) is 24.5 Å². The van der Waals surface area contributed by atoms with Crippen molar-refractivity contribution in [2.24, 2.45) is 5.92 Å². The molecule has 0 bridgehead atoms. The van der Waals surface area contributed by atoms with Crippen LogP contribution in [0.25, 0.3) is 11.4 Å². The zero-order valence-corrected chi connectivity index (χ0v) is 13.3. The van der Waals surface area contributed by atoms with E-state index in [0.29, 0.717) is 12.3 Å². The molecule has 1 atom stereocenters. The molecule has 2 aromatic rings. The largest absolute Gasteiger partial charge is 0.454 e. The number of likely N-dealkylation sites (tertiary alicyclic amines) is 1. The summed E-state index contributed by atoms with van der Waals surface area (Å²) in [5.74, 6) is 3.00. The van der Waals surface area contributed by atoms with E-state index in [4.69, 9.17) is 9.47 Å². The SMILES string of the molecule is Cc1cc2c(cc1-c1nccn1CC1CC(=O)N(C)C1)OCO2. The molecule has 1 aromatic carbocycles. The minimum atomic E-state index is 0.218. The highest BCUT2D eigenvalue weighted by molar-refractivity contribution is 5.78. The normalized spacial score (nSPS) is 19.7. The molecule has 120 valence electrons. The third-order valence-electron chi connectivity index (χ3n) is 4.55. The Morgan fingerprint density at radius 2 is 2.09 bits per heavy atom. The van der Waals surface area contributed by atoms with Crippen molar-refractivity contribution in [1.29, 1.82) is 0 Å². The van der Waals surface area contributed by atoms with E-state index in [-0.39, 0.29) is 12.7 Å². The average Bonchev–Trinajstić information content (AvgIpc) is 3.20. The number of ether oxygens (including phenoxy) is 2. The van der Waals surface area contributed by atoms with Crippen LogP contribution in [0.3, 0.4) is 0 Å². The number of fused-ring (bicyclic) bond motifs is 1. The molecule has 3 heterocycles. The summed E-state index contributed by atoms with van der Waals surface area (Å²) < 4.78 is 13.0. The van der Waals surface area contributed by atoms with Crippen molar-refractivity contribution in [3.63, 3.8) is 0 Å². The van der Waals surface area contributed by atoms with E-state index in [1.54, 1.807) is 11.1 Å². The quantitative estimate of drug-likeness (QED) is 0.870. The average molecular weight is 313 g/mol. The van der Waals surface area contributed by atoms with Crippen LogP contribution in [-0.2, 0) is 11.3 Å². The first-order valence-corrected chi connectivity index (χ1v) is 7.77. The third kappa shape index (κ3) is 2.44. The summed E-state index contributed by atoms with van der Waals surface area (Å²) in [5, 5.41) is 0. The Morgan fingerprint density at radius 1 is 1.30 bits per heavy atom. The molecule has 6 nitrogen and oxygen atoms in total. The van der Waals surface area contributed by atoms with E-state index in [9.17, 15) is 4.79 Å². The zero-order valence-electron chi connectivity index (χ0n) is 13.3. The van der Waals surface area contributed by atoms with Crippen LogP contribution in [0.4, 0.5) is 0 Å². The molecular weight excluding hydrogens is 294 g/mol. The monoisotopic (exact) mass is 313 g/mol. The van der Waals surface area contributed by atoms with Gasteiger partial charge in [-0.3, -0.25) is 4.79 Å². The molecule has 1 unspecified atom stereocenters. The molecule has 1 aromatic heterocycles. The molecule has 4 rings (SSSR count). The lowest BCUT2D eigenvalue weighted by molar-refractivity contribution is -0.126. The van der Waals surface area contributed by atoms with E-state index in [0.717, 1.165) is 41.5 Å². The van der Waals surface area contributed by atoms with E-state index >= 15 is 0 Å². The Labute approximate surface area is 134 Å². The molecule has 1 amide bonds. The van der Waals surface area contributed by atoms with Gasteiger partial charge in [-0.1, -0.05) is 0 Å². The van der Waals surface area contributed by atoms with Gasteiger partial charge >= 0.3 is 0 Å². The Balaban J connectivity index is 1.64. The van der Waals surface area contributed by atoms with Crippen LogP contribution in [0.2, 0.25) is 0 Å². The fraction of sp³-hybridized carbons (Fsp3) is 0.412. The van der Waals surface area contributed by atoms with Crippen LogP contribution in [0.5, 0.6) is 11.5 Å². The number of amides is 1. The predicted molar refractivity (Wildman–Crippen MR) is 84.3 cm³/mol. The number of carbonyl (C=O) groups excluding carboxylic acids is 1. The van der Waals surface area contributed by atoms with Crippen molar-refractivity contribution in [3.05, 3.63) is 30.1 Å². The Kier molecular flexibility index (Phi) is 3.25. The summed E-state index contributed by atoms with van der Waals surface area (Å²) >= 11 is 0. The van der Waals surface area contributed by atoms with Crippen molar-refractivity contribution in [2.45, 2.75) is 19.9 Å². The van der Waals surface area contributed by atoms with E-state index in [1.165, 1.54) is 0 Å². The number of hydrogen-bond acceptors (Lipinski definition) is 4. The van der Waals surface area contributed by atoms with Gasteiger partial charge in [0, 0.05) is 50.4 Å². The van der Waals surface area contributed by atoms with Gasteiger partial charge in [0.15, 0.2) is 11.5 Å². The first kappa shape index (κ1) is 14.1. The lowest BCUT2D eigenvalue weighted by atomic mass is 10.1. The number of hydrogen-bond donors (Lipinski definition) is 0. The maximum Gasteiger partial charge on any atom is 0.231 e. The van der Waals surface area contributed by atoms with Crippen LogP contribution in [0, 0.1) is 12.8 Å². The molecule has 0 spiro atoms. The number of carbonyl (C=O) groups is 1. The van der Waals surface area contributed by atoms with Crippen molar-refractivity contribution >= 4 is 5.91 Å². The summed E-state index contributed by atoms with van der Waals surface area (Å²) in [7, 11) is 1.86. The van der Waals surface area contributed by atoms with Gasteiger partial charge in [0.2, 0.25) is 12.7 Å². The molecule has 0 aliphatic carbocycles. The third-order valence-corrected chi connectivity index (χ3v) is 4.55. The molecule has 0 radical (unpaired) electrons. The number of rotatable bonds is 3. The van der Waals surface area contributed by atoms with Gasteiger partial charge < -0.3 is 18.9 Å². The lowest BCUT2D eigenvalue weighted by Crippen LogP contribution is -2.20. The smallest absolute Gasteiger partial charge is 0.231 e. The molecular formula is C17H19N3O3. The van der Waals surface area contributed by atoms with E-state index in [2.05, 4.69) is 9.55 Å². The Hall–Kier alpha value is -2.50.